The molecule has 306 valence electrons. The molecule has 0 saturated heterocycles. The lowest BCUT2D eigenvalue weighted by Gasteiger charge is -2.15. The van der Waals surface area contributed by atoms with Gasteiger partial charge in [-0.2, -0.15) is 0 Å². The number of esters is 1. The molecule has 0 heterocycles. The van der Waals surface area contributed by atoms with Gasteiger partial charge in [-0.1, -0.05) is 167 Å². The first kappa shape index (κ1) is 51.7. The minimum atomic E-state index is -0.952. The predicted octanol–water partition coefficient (Wildman–Crippen LogP) is 11.8. The molecule has 0 radical (unpaired) electrons. The summed E-state index contributed by atoms with van der Waals surface area (Å²) in [5.41, 5.74) is 0. The Labute approximate surface area is 321 Å². The molecule has 0 bridgehead atoms. The van der Waals surface area contributed by atoms with Crippen molar-refractivity contribution in [2.75, 3.05) is 33.8 Å². The third kappa shape index (κ3) is 40.4. The van der Waals surface area contributed by atoms with Crippen LogP contribution in [-0.2, 0) is 23.9 Å². The average molecular weight is 737 g/mol. The Hall–Kier alpha value is -2.38. The van der Waals surface area contributed by atoms with Gasteiger partial charge in [0.25, 0.3) is 0 Å². The summed E-state index contributed by atoms with van der Waals surface area (Å²) in [5, 5.41) is 8.64. The Morgan fingerprint density at radius 3 is 1.10 bits per heavy atom. The standard InChI is InChI=1S/C23H43NO3.C21H41NO3/c1-4-6-7-8-9-10-11-12-13-14-15-16-17-18-19-20-22(25)24(3)21-23(26)27-5-2;1-3-4-5-6-7-8-9-10-11-12-13-14-15-16-17-18-20(23)22(2)19-21(24)25/h12-13H,4-11,14-21H2,1-3H3;3-19H2,1-2H3,(H,24,25). The molecule has 0 aliphatic heterocycles. The molecule has 0 aliphatic rings. The quantitative estimate of drug-likeness (QED) is 0.0390. The van der Waals surface area contributed by atoms with Gasteiger partial charge in [-0.15, -0.1) is 0 Å². The van der Waals surface area contributed by atoms with Crippen LogP contribution in [-0.4, -0.2) is 72.5 Å². The minimum Gasteiger partial charge on any atom is -0.480 e. The number of ether oxygens (including phenoxy) is 1. The van der Waals surface area contributed by atoms with Gasteiger partial charge in [0.2, 0.25) is 11.8 Å². The maximum Gasteiger partial charge on any atom is 0.325 e. The molecule has 0 unspecified atom stereocenters. The number of nitrogens with zero attached hydrogens (tertiary/aromatic N) is 2. The summed E-state index contributed by atoms with van der Waals surface area (Å²) in [6.45, 7) is 6.51. The van der Waals surface area contributed by atoms with Crippen LogP contribution in [0, 0.1) is 0 Å². The molecule has 8 nitrogen and oxygen atoms in total. The summed E-state index contributed by atoms with van der Waals surface area (Å²) >= 11 is 0. The summed E-state index contributed by atoms with van der Waals surface area (Å²) in [7, 11) is 3.22. The Kier molecular flexibility index (Phi) is 41.2. The van der Waals surface area contributed by atoms with E-state index in [0.29, 0.717) is 19.4 Å². The Morgan fingerprint density at radius 1 is 0.462 bits per heavy atom. The number of carboxylic acid groups (broad SMARTS) is 1. The minimum absolute atomic E-state index is 0.0284. The third-order valence-corrected chi connectivity index (χ3v) is 9.54. The smallest absolute Gasteiger partial charge is 0.325 e. The molecule has 2 amide bonds. The highest BCUT2D eigenvalue weighted by Gasteiger charge is 2.13. The van der Waals surface area contributed by atoms with E-state index in [2.05, 4.69) is 26.0 Å². The van der Waals surface area contributed by atoms with Gasteiger partial charge in [-0.25, -0.2) is 0 Å². The van der Waals surface area contributed by atoms with E-state index in [1.165, 1.54) is 164 Å². The van der Waals surface area contributed by atoms with E-state index in [9.17, 15) is 19.2 Å². The number of carbonyl (C=O) groups is 4. The number of likely N-dealkylation sites (N-methyl/N-ethyl adjacent to an activating group) is 2. The first-order valence-corrected chi connectivity index (χ1v) is 21.7. The van der Waals surface area contributed by atoms with Crippen LogP contribution < -0.4 is 0 Å². The molecule has 0 spiro atoms. The number of carbonyl (C=O) groups excluding carboxylic acids is 3. The van der Waals surface area contributed by atoms with E-state index in [4.69, 9.17) is 9.84 Å². The van der Waals surface area contributed by atoms with Gasteiger partial charge in [0.05, 0.1) is 6.61 Å². The molecule has 0 fully saturated rings. The highest BCUT2D eigenvalue weighted by Crippen LogP contribution is 2.14. The molecule has 0 aliphatic carbocycles. The molecule has 0 aromatic carbocycles. The second kappa shape index (κ2) is 41.4. The second-order valence-electron chi connectivity index (χ2n) is 14.7. The van der Waals surface area contributed by atoms with E-state index >= 15 is 0 Å². The lowest BCUT2D eigenvalue weighted by atomic mass is 10.0. The van der Waals surface area contributed by atoms with Crippen molar-refractivity contribution in [1.29, 1.82) is 0 Å². The number of rotatable bonds is 36. The maximum atomic E-state index is 11.9. The Morgan fingerprint density at radius 2 is 0.769 bits per heavy atom. The number of carboxylic acids is 1. The van der Waals surface area contributed by atoms with Gasteiger partial charge < -0.3 is 19.6 Å². The van der Waals surface area contributed by atoms with Crippen LogP contribution in [0.3, 0.4) is 0 Å². The largest absolute Gasteiger partial charge is 0.480 e. The van der Waals surface area contributed by atoms with Gasteiger partial charge in [-0.05, 0) is 45.4 Å². The number of hydrogen-bond acceptors (Lipinski definition) is 5. The Balaban J connectivity index is 0. The van der Waals surface area contributed by atoms with Crippen LogP contribution in [0.2, 0.25) is 0 Å². The molecule has 0 aromatic rings. The van der Waals surface area contributed by atoms with Crippen molar-refractivity contribution in [2.45, 2.75) is 213 Å². The van der Waals surface area contributed by atoms with Gasteiger partial charge in [0, 0.05) is 26.9 Å². The molecular formula is C44H84N2O6. The summed E-state index contributed by atoms with van der Waals surface area (Å²) in [6, 6.07) is 0. The molecule has 0 saturated carbocycles. The van der Waals surface area contributed by atoms with Crippen molar-refractivity contribution in [3.63, 3.8) is 0 Å². The maximum absolute atomic E-state index is 11.9. The SMILES string of the molecule is CCCCCCCCC=CCCCCCCCC(=O)N(C)CC(=O)OCC.CCCCCCCCCCCCCCCCCC(=O)N(C)CC(=O)O. The van der Waals surface area contributed by atoms with Crippen molar-refractivity contribution in [1.82, 2.24) is 9.80 Å². The molecule has 0 rings (SSSR count). The van der Waals surface area contributed by atoms with E-state index in [1.807, 2.05) is 0 Å². The first-order chi connectivity index (χ1) is 25.2. The molecule has 52 heavy (non-hydrogen) atoms. The zero-order chi connectivity index (χ0) is 38.9. The number of hydrogen-bond donors (Lipinski definition) is 1. The normalized spacial score (nSPS) is 10.9. The van der Waals surface area contributed by atoms with Crippen LogP contribution in [0.1, 0.15) is 213 Å². The zero-order valence-corrected chi connectivity index (χ0v) is 34.9. The number of allylic oxidation sites excluding steroid dienone is 2. The molecule has 1 N–H and O–H groups in total. The average Bonchev–Trinajstić information content (AvgIpc) is 3.11. The molecule has 0 atom stereocenters. The molecule has 8 heteroatoms. The second-order valence-corrected chi connectivity index (χ2v) is 14.7. The molecule has 0 aromatic heterocycles. The summed E-state index contributed by atoms with van der Waals surface area (Å²) in [4.78, 5) is 48.2. The van der Waals surface area contributed by atoms with Gasteiger partial charge in [-0.3, -0.25) is 19.2 Å². The van der Waals surface area contributed by atoms with Gasteiger partial charge in [0.1, 0.15) is 13.1 Å². The topological polar surface area (TPSA) is 104 Å². The number of amides is 2. The lowest BCUT2D eigenvalue weighted by molar-refractivity contribution is -0.148. The van der Waals surface area contributed by atoms with E-state index in [1.54, 1.807) is 21.0 Å². The van der Waals surface area contributed by atoms with Crippen molar-refractivity contribution in [3.05, 3.63) is 12.2 Å². The molecular weight excluding hydrogens is 652 g/mol. The third-order valence-electron chi connectivity index (χ3n) is 9.54. The lowest BCUT2D eigenvalue weighted by Crippen LogP contribution is -2.32. The van der Waals surface area contributed by atoms with Crippen LogP contribution in [0.5, 0.6) is 0 Å². The zero-order valence-electron chi connectivity index (χ0n) is 34.9. The van der Waals surface area contributed by atoms with E-state index in [0.717, 1.165) is 25.7 Å². The van der Waals surface area contributed by atoms with Crippen LogP contribution >= 0.6 is 0 Å². The number of aliphatic carboxylic acids is 1. The summed E-state index contributed by atoms with van der Waals surface area (Å²) in [5.74, 6) is -1.32. The highest BCUT2D eigenvalue weighted by atomic mass is 16.5. The van der Waals surface area contributed by atoms with Crippen molar-refractivity contribution in [3.8, 4) is 0 Å². The predicted molar refractivity (Wildman–Crippen MR) is 219 cm³/mol. The fraction of sp³-hybridized carbons (Fsp3) is 0.864. The Bertz CT molecular complexity index is 862. The van der Waals surface area contributed by atoms with E-state index in [-0.39, 0.29) is 30.9 Å². The summed E-state index contributed by atoms with van der Waals surface area (Å²) in [6.07, 6.45) is 41.5. The van der Waals surface area contributed by atoms with Crippen LogP contribution in [0.15, 0.2) is 12.2 Å². The fourth-order valence-electron chi connectivity index (χ4n) is 6.16. The van der Waals surface area contributed by atoms with E-state index < -0.39 is 5.97 Å². The monoisotopic (exact) mass is 737 g/mol. The van der Waals surface area contributed by atoms with Gasteiger partial charge >= 0.3 is 11.9 Å². The highest BCUT2D eigenvalue weighted by molar-refractivity contribution is 5.82. The fourth-order valence-corrected chi connectivity index (χ4v) is 6.16. The number of unbranched alkanes of at least 4 members (excludes halogenated alkanes) is 25. The van der Waals surface area contributed by atoms with Crippen molar-refractivity contribution >= 4 is 23.8 Å². The van der Waals surface area contributed by atoms with Crippen molar-refractivity contribution in [2.24, 2.45) is 0 Å². The van der Waals surface area contributed by atoms with Crippen molar-refractivity contribution < 1.29 is 29.0 Å². The first-order valence-electron chi connectivity index (χ1n) is 21.7. The summed E-state index contributed by atoms with van der Waals surface area (Å²) < 4.78 is 4.86. The van der Waals surface area contributed by atoms with Crippen LogP contribution in [0.4, 0.5) is 0 Å². The van der Waals surface area contributed by atoms with Gasteiger partial charge in [0.15, 0.2) is 0 Å². The van der Waals surface area contributed by atoms with Crippen LogP contribution in [0.25, 0.3) is 0 Å².